The fraction of sp³-hybridized carbons (Fsp3) is 0.341. The summed E-state index contributed by atoms with van der Waals surface area (Å²) in [6, 6.07) is 30.9. The fourth-order valence-electron chi connectivity index (χ4n) is 6.09. The number of aromatic carboxylic acids is 1. The van der Waals surface area contributed by atoms with E-state index in [0.29, 0.717) is 30.2 Å². The number of aliphatic hydroxyl groups excluding tert-OH is 1. The number of ether oxygens (including phenoxy) is 2. The van der Waals surface area contributed by atoms with E-state index in [2.05, 4.69) is 23.6 Å². The minimum absolute atomic E-state index is 0.0107. The Bertz CT molecular complexity index is 1760. The van der Waals surface area contributed by atoms with Gasteiger partial charge in [0.25, 0.3) is 0 Å². The number of hydrogen-bond acceptors (Lipinski definition) is 7. The van der Waals surface area contributed by atoms with Gasteiger partial charge in [0, 0.05) is 48.6 Å². The molecule has 1 heterocycles. The monoisotopic (exact) mass is 710 g/mol. The van der Waals surface area contributed by atoms with Crippen molar-refractivity contribution in [1.29, 1.82) is 0 Å². The minimum Gasteiger partial charge on any atom is -0.478 e. The minimum atomic E-state index is -0.961. The highest BCUT2D eigenvalue weighted by Gasteiger charge is 2.38. The summed E-state index contributed by atoms with van der Waals surface area (Å²) in [4.78, 5) is 35.9. The van der Waals surface area contributed by atoms with Crippen LogP contribution in [0.5, 0.6) is 0 Å². The third-order valence-corrected chi connectivity index (χ3v) is 10.2. The summed E-state index contributed by atoms with van der Waals surface area (Å²) < 4.78 is 13.2. The molecule has 1 saturated heterocycles. The summed E-state index contributed by atoms with van der Waals surface area (Å²) in [6.07, 6.45) is 1.80. The van der Waals surface area contributed by atoms with Gasteiger partial charge in [0.15, 0.2) is 6.29 Å². The number of aliphatic hydroxyl groups is 1. The van der Waals surface area contributed by atoms with Gasteiger partial charge in [0.1, 0.15) is 0 Å². The van der Waals surface area contributed by atoms with Crippen LogP contribution in [0.25, 0.3) is 11.1 Å². The molecule has 0 saturated carbocycles. The van der Waals surface area contributed by atoms with Crippen LogP contribution in [-0.2, 0) is 32.2 Å². The number of amides is 2. The molecule has 0 aromatic heterocycles. The molecule has 0 radical (unpaired) electrons. The van der Waals surface area contributed by atoms with E-state index in [-0.39, 0.29) is 42.1 Å². The predicted octanol–water partition coefficient (Wildman–Crippen LogP) is 7.44. The molecule has 4 unspecified atom stereocenters. The van der Waals surface area contributed by atoms with E-state index in [1.807, 2.05) is 78.9 Å². The van der Waals surface area contributed by atoms with Crippen molar-refractivity contribution in [2.24, 2.45) is 5.92 Å². The lowest BCUT2D eigenvalue weighted by molar-refractivity contribution is -0.268. The maximum Gasteiger partial charge on any atom is 0.336 e. The third kappa shape index (κ3) is 10.8. The molecule has 4 aromatic rings. The van der Waals surface area contributed by atoms with Crippen molar-refractivity contribution < 1.29 is 34.1 Å². The highest BCUT2D eigenvalue weighted by atomic mass is 32.2. The number of carboxylic acids is 1. The van der Waals surface area contributed by atoms with Gasteiger partial charge in [-0.3, -0.25) is 9.59 Å². The van der Waals surface area contributed by atoms with Crippen molar-refractivity contribution in [3.8, 4) is 11.1 Å². The standard InChI is InChI=1S/C41H46N2O7S/c1-27-36(26-51-37-12-6-5-11-35(37)40(47)48)49-41(50-39(27)32-16-14-29(25-44)15-17-32)33-20-18-31(19-21-33)34-10-8-9-30(23-34)24-43-38(46)13-4-3-7-22-42-28(2)45/h5-6,8-12,14-21,23,27,36,39,41,44H,3-4,7,13,22,24-26H2,1-2H3,(H,42,45)(H,43,46)(H,47,48). The molecule has 1 aliphatic rings. The Balaban J connectivity index is 1.25. The Hall–Kier alpha value is -4.48. The predicted molar refractivity (Wildman–Crippen MR) is 198 cm³/mol. The van der Waals surface area contributed by atoms with Crippen LogP contribution in [0.1, 0.15) is 84.5 Å². The smallest absolute Gasteiger partial charge is 0.336 e. The lowest BCUT2D eigenvalue weighted by atomic mass is 9.91. The molecule has 0 bridgehead atoms. The van der Waals surface area contributed by atoms with Crippen molar-refractivity contribution in [2.75, 3.05) is 12.3 Å². The molecule has 10 heteroatoms. The van der Waals surface area contributed by atoms with Gasteiger partial charge in [-0.15, -0.1) is 11.8 Å². The number of unbranched alkanes of at least 4 members (excludes halogenated alkanes) is 2. The van der Waals surface area contributed by atoms with Crippen LogP contribution in [-0.4, -0.2) is 46.4 Å². The van der Waals surface area contributed by atoms with Gasteiger partial charge in [-0.25, -0.2) is 4.79 Å². The van der Waals surface area contributed by atoms with E-state index in [1.165, 1.54) is 18.7 Å². The van der Waals surface area contributed by atoms with E-state index < -0.39 is 12.3 Å². The number of carbonyl (C=O) groups excluding carboxylic acids is 2. The zero-order chi connectivity index (χ0) is 36.2. The first kappa shape index (κ1) is 37.8. The Morgan fingerprint density at radius 3 is 2.25 bits per heavy atom. The Morgan fingerprint density at radius 2 is 1.53 bits per heavy atom. The molecular weight excluding hydrogens is 665 g/mol. The number of hydrogen-bond donors (Lipinski definition) is 4. The molecule has 9 nitrogen and oxygen atoms in total. The summed E-state index contributed by atoms with van der Waals surface area (Å²) in [6.45, 7) is 4.62. The molecule has 268 valence electrons. The van der Waals surface area contributed by atoms with Crippen molar-refractivity contribution in [2.45, 2.75) is 76.1 Å². The number of carbonyl (C=O) groups is 3. The van der Waals surface area contributed by atoms with Crippen LogP contribution < -0.4 is 10.6 Å². The van der Waals surface area contributed by atoms with E-state index in [4.69, 9.17) is 9.47 Å². The maximum absolute atomic E-state index is 12.4. The summed E-state index contributed by atoms with van der Waals surface area (Å²) in [5.74, 6) is -0.486. The van der Waals surface area contributed by atoms with E-state index in [9.17, 15) is 24.6 Å². The molecule has 4 atom stereocenters. The van der Waals surface area contributed by atoms with Gasteiger partial charge in [-0.2, -0.15) is 0 Å². The van der Waals surface area contributed by atoms with Crippen LogP contribution in [0, 0.1) is 5.92 Å². The van der Waals surface area contributed by atoms with E-state index in [1.54, 1.807) is 12.1 Å². The second kappa shape index (κ2) is 18.7. The average Bonchev–Trinajstić information content (AvgIpc) is 3.15. The molecule has 51 heavy (non-hydrogen) atoms. The van der Waals surface area contributed by atoms with Crippen LogP contribution in [0.15, 0.2) is 102 Å². The molecular formula is C41H46N2O7S. The molecule has 2 amide bonds. The summed E-state index contributed by atoms with van der Waals surface area (Å²) in [5, 5.41) is 25.1. The van der Waals surface area contributed by atoms with Gasteiger partial charge in [0.2, 0.25) is 11.8 Å². The Kier molecular flexibility index (Phi) is 13.8. The lowest BCUT2D eigenvalue weighted by Crippen LogP contribution is -2.38. The van der Waals surface area contributed by atoms with Gasteiger partial charge >= 0.3 is 5.97 Å². The fourth-order valence-corrected chi connectivity index (χ4v) is 7.30. The second-order valence-corrected chi connectivity index (χ2v) is 13.9. The quantitative estimate of drug-likeness (QED) is 0.0697. The van der Waals surface area contributed by atoms with E-state index in [0.717, 1.165) is 52.6 Å². The van der Waals surface area contributed by atoms with Crippen molar-refractivity contribution in [3.63, 3.8) is 0 Å². The first-order valence-corrected chi connectivity index (χ1v) is 18.4. The highest BCUT2D eigenvalue weighted by molar-refractivity contribution is 7.99. The van der Waals surface area contributed by atoms with Crippen LogP contribution >= 0.6 is 11.8 Å². The first-order chi connectivity index (χ1) is 24.7. The Morgan fingerprint density at radius 1 is 0.784 bits per heavy atom. The SMILES string of the molecule is CC(=O)NCCCCCC(=O)NCc1cccc(-c2ccc(C3OC(CSc4ccccc4C(=O)O)C(C)C(c4ccc(CO)cc4)O3)cc2)c1. The highest BCUT2D eigenvalue weighted by Crippen LogP contribution is 2.43. The molecule has 1 fully saturated rings. The molecule has 4 N–H and O–H groups in total. The number of carboxylic acid groups (broad SMARTS) is 1. The normalized spacial score (nSPS) is 18.6. The van der Waals surface area contributed by atoms with Crippen LogP contribution in [0.4, 0.5) is 0 Å². The van der Waals surface area contributed by atoms with Gasteiger partial charge in [-0.05, 0) is 58.9 Å². The lowest BCUT2D eigenvalue weighted by Gasteiger charge is -2.41. The number of thioether (sulfide) groups is 1. The number of rotatable bonds is 16. The molecule has 4 aromatic carbocycles. The third-order valence-electron chi connectivity index (χ3n) is 9.03. The zero-order valence-electron chi connectivity index (χ0n) is 29.0. The Labute approximate surface area is 303 Å². The van der Waals surface area contributed by atoms with E-state index >= 15 is 0 Å². The second-order valence-electron chi connectivity index (χ2n) is 12.8. The van der Waals surface area contributed by atoms with Crippen molar-refractivity contribution in [1.82, 2.24) is 10.6 Å². The van der Waals surface area contributed by atoms with Gasteiger partial charge < -0.3 is 30.3 Å². The molecule has 0 aliphatic carbocycles. The molecule has 1 aliphatic heterocycles. The summed E-state index contributed by atoms with van der Waals surface area (Å²) in [7, 11) is 0. The molecule has 5 rings (SSSR count). The summed E-state index contributed by atoms with van der Waals surface area (Å²) in [5.41, 5.74) is 5.98. The van der Waals surface area contributed by atoms with Crippen molar-refractivity contribution >= 4 is 29.5 Å². The number of benzene rings is 4. The number of nitrogens with one attached hydrogen (secondary N) is 2. The molecule has 0 spiro atoms. The topological polar surface area (TPSA) is 134 Å². The van der Waals surface area contributed by atoms with Gasteiger partial charge in [-0.1, -0.05) is 92.2 Å². The van der Waals surface area contributed by atoms with Crippen LogP contribution in [0.2, 0.25) is 0 Å². The largest absolute Gasteiger partial charge is 0.478 e. The van der Waals surface area contributed by atoms with Gasteiger partial charge in [0.05, 0.1) is 24.4 Å². The average molecular weight is 711 g/mol. The van der Waals surface area contributed by atoms with Crippen LogP contribution in [0.3, 0.4) is 0 Å². The first-order valence-electron chi connectivity index (χ1n) is 17.4. The maximum atomic E-state index is 12.4. The van der Waals surface area contributed by atoms with Crippen molar-refractivity contribution in [3.05, 3.63) is 125 Å². The summed E-state index contributed by atoms with van der Waals surface area (Å²) >= 11 is 1.47. The zero-order valence-corrected chi connectivity index (χ0v) is 29.9.